The molecular formula is C21H21N3O3. The van der Waals surface area contributed by atoms with Crippen LogP contribution in [0.15, 0.2) is 53.7 Å². The SMILES string of the molecule is Cc1c(NC(=O)C2=NOC(c3ccccc3)C2)cccc1N1CCCC1=O. The third kappa shape index (κ3) is 3.43. The first-order chi connectivity index (χ1) is 13.1. The van der Waals surface area contributed by atoms with Crippen LogP contribution >= 0.6 is 0 Å². The summed E-state index contributed by atoms with van der Waals surface area (Å²) in [6, 6.07) is 15.3. The van der Waals surface area contributed by atoms with Gasteiger partial charge in [0.2, 0.25) is 5.91 Å². The number of carbonyl (C=O) groups excluding carboxylic acids is 2. The molecule has 4 rings (SSSR count). The highest BCUT2D eigenvalue weighted by Gasteiger charge is 2.28. The van der Waals surface area contributed by atoms with Crippen molar-refractivity contribution in [2.75, 3.05) is 16.8 Å². The van der Waals surface area contributed by atoms with Crippen LogP contribution in [0.5, 0.6) is 0 Å². The van der Waals surface area contributed by atoms with Gasteiger partial charge in [0, 0.05) is 30.8 Å². The Labute approximate surface area is 157 Å². The first-order valence-corrected chi connectivity index (χ1v) is 9.12. The van der Waals surface area contributed by atoms with Gasteiger partial charge in [0.05, 0.1) is 0 Å². The number of amides is 2. The van der Waals surface area contributed by atoms with E-state index in [1.807, 2.05) is 55.5 Å². The molecule has 6 nitrogen and oxygen atoms in total. The molecule has 2 aromatic rings. The zero-order chi connectivity index (χ0) is 18.8. The molecule has 2 aliphatic rings. The summed E-state index contributed by atoms with van der Waals surface area (Å²) in [4.78, 5) is 31.9. The molecular weight excluding hydrogens is 342 g/mol. The molecule has 0 aromatic heterocycles. The summed E-state index contributed by atoms with van der Waals surface area (Å²) in [7, 11) is 0. The highest BCUT2D eigenvalue weighted by Crippen LogP contribution is 2.31. The lowest BCUT2D eigenvalue weighted by Gasteiger charge is -2.20. The average Bonchev–Trinajstić information content (AvgIpc) is 3.34. The number of hydrogen-bond donors (Lipinski definition) is 1. The minimum Gasteiger partial charge on any atom is -0.387 e. The van der Waals surface area contributed by atoms with E-state index in [1.165, 1.54) is 0 Å². The molecule has 1 atom stereocenters. The Morgan fingerprint density at radius 3 is 2.74 bits per heavy atom. The molecule has 0 saturated carbocycles. The maximum Gasteiger partial charge on any atom is 0.273 e. The number of rotatable bonds is 4. The van der Waals surface area contributed by atoms with E-state index in [0.717, 1.165) is 29.8 Å². The summed E-state index contributed by atoms with van der Waals surface area (Å²) < 4.78 is 0. The minimum absolute atomic E-state index is 0.126. The van der Waals surface area contributed by atoms with Gasteiger partial charge in [0.1, 0.15) is 5.71 Å². The predicted octanol–water partition coefficient (Wildman–Crippen LogP) is 3.58. The lowest BCUT2D eigenvalue weighted by Crippen LogP contribution is -2.26. The number of anilines is 2. The van der Waals surface area contributed by atoms with Crippen LogP contribution in [0.1, 0.15) is 36.5 Å². The Bertz CT molecular complexity index is 908. The van der Waals surface area contributed by atoms with Crippen molar-refractivity contribution in [3.05, 3.63) is 59.7 Å². The summed E-state index contributed by atoms with van der Waals surface area (Å²) in [6.45, 7) is 2.63. The van der Waals surface area contributed by atoms with Crippen molar-refractivity contribution in [1.82, 2.24) is 0 Å². The fraction of sp³-hybridized carbons (Fsp3) is 0.286. The van der Waals surface area contributed by atoms with Crippen LogP contribution < -0.4 is 10.2 Å². The molecule has 27 heavy (non-hydrogen) atoms. The fourth-order valence-electron chi connectivity index (χ4n) is 3.51. The van der Waals surface area contributed by atoms with Crippen molar-refractivity contribution in [3.8, 4) is 0 Å². The summed E-state index contributed by atoms with van der Waals surface area (Å²) in [5.41, 5.74) is 3.77. The lowest BCUT2D eigenvalue weighted by atomic mass is 10.0. The van der Waals surface area contributed by atoms with Crippen LogP contribution in [0.3, 0.4) is 0 Å². The first kappa shape index (κ1) is 17.3. The van der Waals surface area contributed by atoms with Gasteiger partial charge < -0.3 is 15.1 Å². The molecule has 2 aromatic carbocycles. The number of oxime groups is 1. The molecule has 1 fully saturated rings. The highest BCUT2D eigenvalue weighted by molar-refractivity contribution is 6.43. The van der Waals surface area contributed by atoms with Gasteiger partial charge in [-0.2, -0.15) is 0 Å². The van der Waals surface area contributed by atoms with Crippen molar-refractivity contribution >= 4 is 28.9 Å². The van der Waals surface area contributed by atoms with E-state index in [-0.39, 0.29) is 17.9 Å². The van der Waals surface area contributed by atoms with Crippen molar-refractivity contribution in [3.63, 3.8) is 0 Å². The topological polar surface area (TPSA) is 71.0 Å². The molecule has 2 amide bonds. The van der Waals surface area contributed by atoms with Gasteiger partial charge >= 0.3 is 0 Å². The van der Waals surface area contributed by atoms with Crippen molar-refractivity contribution in [2.45, 2.75) is 32.3 Å². The van der Waals surface area contributed by atoms with Crippen LogP contribution in [0, 0.1) is 6.92 Å². The molecule has 2 aliphatic heterocycles. The Morgan fingerprint density at radius 2 is 2.00 bits per heavy atom. The fourth-order valence-corrected chi connectivity index (χ4v) is 3.51. The van der Waals surface area contributed by atoms with Gasteiger partial charge in [-0.1, -0.05) is 41.6 Å². The molecule has 1 unspecified atom stereocenters. The van der Waals surface area contributed by atoms with E-state index in [2.05, 4.69) is 10.5 Å². The molecule has 6 heteroatoms. The van der Waals surface area contributed by atoms with Crippen LogP contribution in [0.25, 0.3) is 0 Å². The Kier molecular flexibility index (Phi) is 4.62. The van der Waals surface area contributed by atoms with Gasteiger partial charge in [-0.3, -0.25) is 9.59 Å². The molecule has 138 valence electrons. The zero-order valence-electron chi connectivity index (χ0n) is 15.1. The van der Waals surface area contributed by atoms with Crippen LogP contribution in [-0.2, 0) is 14.4 Å². The first-order valence-electron chi connectivity index (χ1n) is 9.12. The minimum atomic E-state index is -0.276. The molecule has 0 spiro atoms. The highest BCUT2D eigenvalue weighted by atomic mass is 16.6. The van der Waals surface area contributed by atoms with Crippen molar-refractivity contribution in [1.29, 1.82) is 0 Å². The second-order valence-corrected chi connectivity index (χ2v) is 6.80. The quantitative estimate of drug-likeness (QED) is 0.903. The van der Waals surface area contributed by atoms with Crippen molar-refractivity contribution in [2.24, 2.45) is 5.16 Å². The summed E-state index contributed by atoms with van der Waals surface area (Å²) in [5, 5.41) is 6.89. The maximum absolute atomic E-state index is 12.6. The summed E-state index contributed by atoms with van der Waals surface area (Å²) >= 11 is 0. The third-order valence-electron chi connectivity index (χ3n) is 5.02. The number of nitrogens with zero attached hydrogens (tertiary/aromatic N) is 2. The smallest absolute Gasteiger partial charge is 0.273 e. The second kappa shape index (κ2) is 7.23. The lowest BCUT2D eigenvalue weighted by molar-refractivity contribution is -0.117. The van der Waals surface area contributed by atoms with E-state index >= 15 is 0 Å². The Hall–Kier alpha value is -3.15. The van der Waals surface area contributed by atoms with Crippen LogP contribution in [0.4, 0.5) is 11.4 Å². The molecule has 1 saturated heterocycles. The van der Waals surface area contributed by atoms with Gasteiger partial charge in [0.25, 0.3) is 5.91 Å². The Morgan fingerprint density at radius 1 is 1.19 bits per heavy atom. The third-order valence-corrected chi connectivity index (χ3v) is 5.02. The van der Waals surface area contributed by atoms with Crippen LogP contribution in [0.2, 0.25) is 0 Å². The molecule has 0 aliphatic carbocycles. The molecule has 0 bridgehead atoms. The number of nitrogens with one attached hydrogen (secondary N) is 1. The van der Waals surface area contributed by atoms with E-state index in [9.17, 15) is 9.59 Å². The second-order valence-electron chi connectivity index (χ2n) is 6.80. The van der Waals surface area contributed by atoms with Gasteiger partial charge in [-0.25, -0.2) is 0 Å². The van der Waals surface area contributed by atoms with E-state index in [0.29, 0.717) is 24.2 Å². The average molecular weight is 363 g/mol. The molecule has 2 heterocycles. The van der Waals surface area contributed by atoms with Gasteiger partial charge in [-0.15, -0.1) is 0 Å². The number of benzene rings is 2. The Balaban J connectivity index is 1.47. The maximum atomic E-state index is 12.6. The number of hydrogen-bond acceptors (Lipinski definition) is 4. The number of carbonyl (C=O) groups is 2. The van der Waals surface area contributed by atoms with E-state index < -0.39 is 0 Å². The molecule has 0 radical (unpaired) electrons. The molecule has 1 N–H and O–H groups in total. The van der Waals surface area contributed by atoms with Gasteiger partial charge in [-0.05, 0) is 36.6 Å². The van der Waals surface area contributed by atoms with Crippen molar-refractivity contribution < 1.29 is 14.4 Å². The predicted molar refractivity (Wildman–Crippen MR) is 104 cm³/mol. The summed E-state index contributed by atoms with van der Waals surface area (Å²) in [5.74, 6) is -0.151. The monoisotopic (exact) mass is 363 g/mol. The van der Waals surface area contributed by atoms with Gasteiger partial charge in [0.15, 0.2) is 6.10 Å². The largest absolute Gasteiger partial charge is 0.387 e. The summed E-state index contributed by atoms with van der Waals surface area (Å²) in [6.07, 6.45) is 1.63. The van der Waals surface area contributed by atoms with E-state index in [4.69, 9.17) is 4.84 Å². The standard InChI is InChI=1S/C21H21N3O3/c1-14-16(9-5-10-18(14)24-12-6-11-20(24)25)22-21(26)17-13-19(27-23-17)15-7-3-2-4-8-15/h2-5,7-10,19H,6,11-13H2,1H3,(H,22,26). The zero-order valence-corrected chi connectivity index (χ0v) is 15.1. The normalized spacial score (nSPS) is 19.0. The van der Waals surface area contributed by atoms with E-state index in [1.54, 1.807) is 4.90 Å². The van der Waals surface area contributed by atoms with Crippen LogP contribution in [-0.4, -0.2) is 24.1 Å².